The lowest BCUT2D eigenvalue weighted by atomic mass is 9.87. The summed E-state index contributed by atoms with van der Waals surface area (Å²) in [5, 5.41) is 0. The van der Waals surface area contributed by atoms with Crippen molar-refractivity contribution < 1.29 is 0 Å². The lowest BCUT2D eigenvalue weighted by Gasteiger charge is -2.25. The number of hydrogen-bond donors (Lipinski definition) is 0. The molecule has 0 aliphatic carbocycles. The first-order valence-corrected chi connectivity index (χ1v) is 5.70. The molecule has 0 aliphatic heterocycles. The molecule has 0 aromatic carbocycles. The molecule has 0 fully saturated rings. The van der Waals surface area contributed by atoms with Gasteiger partial charge in [0.15, 0.2) is 0 Å². The maximum Gasteiger partial charge on any atom is 0.0442 e. The van der Waals surface area contributed by atoms with Gasteiger partial charge in [0.1, 0.15) is 0 Å². The third-order valence-electron chi connectivity index (χ3n) is 2.55. The summed E-state index contributed by atoms with van der Waals surface area (Å²) in [6.07, 6.45) is 0. The van der Waals surface area contributed by atoms with Crippen LogP contribution in [0.3, 0.4) is 0 Å². The topological polar surface area (TPSA) is 12.4 Å². The zero-order valence-corrected chi connectivity index (χ0v) is 11.9. The predicted octanol–water partition coefficient (Wildman–Crippen LogP) is 4.83. The number of rotatable bonds is 1. The molecule has 0 amide bonds. The molecule has 0 aliphatic rings. The highest BCUT2D eigenvalue weighted by Crippen LogP contribution is 2.30. The Morgan fingerprint density at radius 2 is 1.13 bits per heavy atom. The van der Waals surface area contributed by atoms with E-state index in [9.17, 15) is 0 Å². The van der Waals surface area contributed by atoms with E-state index < -0.39 is 0 Å². The third-order valence-corrected chi connectivity index (χ3v) is 2.55. The molecule has 1 nitrogen and oxygen atoms in total. The summed E-state index contributed by atoms with van der Waals surface area (Å²) in [7, 11) is 0. The Hall–Kier alpha value is -0.590. The van der Waals surface area contributed by atoms with E-state index in [0.717, 1.165) is 0 Å². The van der Waals surface area contributed by atoms with Gasteiger partial charge in [-0.1, -0.05) is 47.1 Å². The van der Waals surface area contributed by atoms with E-state index in [1.165, 1.54) is 17.0 Å². The molecule has 1 heteroatoms. The molecular weight excluding hydrogens is 182 g/mol. The maximum absolute atomic E-state index is 4.81. The average Bonchev–Trinajstić information content (AvgIpc) is 1.94. The van der Waals surface area contributed by atoms with Crippen molar-refractivity contribution in [2.45, 2.75) is 62.3 Å². The van der Waals surface area contributed by atoms with Gasteiger partial charge in [-0.3, -0.25) is 4.99 Å². The zero-order valence-electron chi connectivity index (χ0n) is 11.9. The van der Waals surface area contributed by atoms with Crippen LogP contribution in [0.2, 0.25) is 0 Å². The summed E-state index contributed by atoms with van der Waals surface area (Å²) in [6, 6.07) is 0. The van der Waals surface area contributed by atoms with Crippen LogP contribution in [0.25, 0.3) is 0 Å². The Labute approximate surface area is 95.7 Å². The number of aliphatic imine (C=N–C) groups is 1. The van der Waals surface area contributed by atoms with Crippen LogP contribution in [0.1, 0.15) is 62.3 Å². The molecule has 0 unspecified atom stereocenters. The van der Waals surface area contributed by atoms with Crippen LogP contribution in [-0.4, -0.2) is 5.71 Å². The van der Waals surface area contributed by atoms with Gasteiger partial charge in [-0.15, -0.1) is 0 Å². The number of allylic oxidation sites excluding steroid dienone is 2. The fraction of sp³-hybridized carbons (Fsp3) is 0.786. The van der Waals surface area contributed by atoms with Crippen LogP contribution < -0.4 is 0 Å². The molecule has 0 aromatic rings. The van der Waals surface area contributed by atoms with Gasteiger partial charge in [0.2, 0.25) is 0 Å². The standard InChI is InChI=1S/C14H27N/c1-10(2)12(14(7,8)9)15-11(3)13(4,5)6/h1-9H3/b15-11+. The first-order chi connectivity index (χ1) is 6.46. The fourth-order valence-electron chi connectivity index (χ4n) is 1.36. The molecule has 15 heavy (non-hydrogen) atoms. The first kappa shape index (κ1) is 14.4. The van der Waals surface area contributed by atoms with Crippen molar-refractivity contribution >= 4 is 5.71 Å². The van der Waals surface area contributed by atoms with E-state index >= 15 is 0 Å². The van der Waals surface area contributed by atoms with Crippen molar-refractivity contribution in [1.82, 2.24) is 0 Å². The molecule has 0 N–H and O–H groups in total. The fourth-order valence-corrected chi connectivity index (χ4v) is 1.36. The van der Waals surface area contributed by atoms with E-state index in [-0.39, 0.29) is 10.8 Å². The molecule has 0 heterocycles. The van der Waals surface area contributed by atoms with Crippen molar-refractivity contribution in [2.24, 2.45) is 15.8 Å². The van der Waals surface area contributed by atoms with Crippen molar-refractivity contribution in [3.8, 4) is 0 Å². The molecule has 0 bridgehead atoms. The minimum atomic E-state index is 0.130. The van der Waals surface area contributed by atoms with Gasteiger partial charge in [0.25, 0.3) is 0 Å². The van der Waals surface area contributed by atoms with E-state index in [1.54, 1.807) is 0 Å². The lowest BCUT2D eigenvalue weighted by Crippen LogP contribution is -2.19. The molecule has 0 rings (SSSR count). The van der Waals surface area contributed by atoms with Crippen LogP contribution in [0.5, 0.6) is 0 Å². The molecule has 88 valence electrons. The molecular formula is C14H27N. The SMILES string of the molecule is CC(C)=C(/N=C(\C)C(C)(C)C)C(C)(C)C. The molecule has 0 radical (unpaired) electrons. The molecule has 0 aromatic heterocycles. The van der Waals surface area contributed by atoms with Crippen LogP contribution in [0.4, 0.5) is 0 Å². The highest BCUT2D eigenvalue weighted by molar-refractivity contribution is 5.87. The number of hydrogen-bond acceptors (Lipinski definition) is 1. The van der Waals surface area contributed by atoms with E-state index in [4.69, 9.17) is 4.99 Å². The Bertz CT molecular complexity index is 275. The largest absolute Gasteiger partial charge is 0.262 e. The highest BCUT2D eigenvalue weighted by Gasteiger charge is 2.21. The van der Waals surface area contributed by atoms with Gasteiger partial charge >= 0.3 is 0 Å². The molecule has 0 saturated carbocycles. The highest BCUT2D eigenvalue weighted by atomic mass is 14.8. The van der Waals surface area contributed by atoms with E-state index in [2.05, 4.69) is 62.3 Å². The van der Waals surface area contributed by atoms with Crippen molar-refractivity contribution in [3.63, 3.8) is 0 Å². The minimum Gasteiger partial charge on any atom is -0.262 e. The Balaban J connectivity index is 5.31. The van der Waals surface area contributed by atoms with Gasteiger partial charge in [-0.25, -0.2) is 0 Å². The average molecular weight is 209 g/mol. The Morgan fingerprint density at radius 3 is 1.33 bits per heavy atom. The van der Waals surface area contributed by atoms with Gasteiger partial charge in [0, 0.05) is 16.8 Å². The molecule has 0 spiro atoms. The summed E-state index contributed by atoms with van der Waals surface area (Å²) in [6.45, 7) is 19.7. The third kappa shape index (κ3) is 4.63. The maximum atomic E-state index is 4.81. The summed E-state index contributed by atoms with van der Waals surface area (Å²) in [5.74, 6) is 0. The van der Waals surface area contributed by atoms with Crippen molar-refractivity contribution in [1.29, 1.82) is 0 Å². The number of nitrogens with zero attached hydrogens (tertiary/aromatic N) is 1. The van der Waals surface area contributed by atoms with E-state index in [1.807, 2.05) is 0 Å². The summed E-state index contributed by atoms with van der Waals surface area (Å²) < 4.78 is 0. The predicted molar refractivity (Wildman–Crippen MR) is 70.4 cm³/mol. The van der Waals surface area contributed by atoms with E-state index in [0.29, 0.717) is 0 Å². The monoisotopic (exact) mass is 209 g/mol. The van der Waals surface area contributed by atoms with Gasteiger partial charge in [-0.2, -0.15) is 0 Å². The normalized spacial score (nSPS) is 14.1. The van der Waals surface area contributed by atoms with Gasteiger partial charge < -0.3 is 0 Å². The van der Waals surface area contributed by atoms with Crippen LogP contribution in [0.15, 0.2) is 16.3 Å². The quantitative estimate of drug-likeness (QED) is 0.548. The van der Waals surface area contributed by atoms with Crippen molar-refractivity contribution in [3.05, 3.63) is 11.3 Å². The summed E-state index contributed by atoms with van der Waals surface area (Å²) in [5.41, 5.74) is 4.02. The van der Waals surface area contributed by atoms with Crippen molar-refractivity contribution in [2.75, 3.05) is 0 Å². The van der Waals surface area contributed by atoms with Crippen LogP contribution >= 0.6 is 0 Å². The minimum absolute atomic E-state index is 0.130. The Kier molecular flexibility index (Phi) is 4.33. The molecule has 0 saturated heterocycles. The second-order valence-electron chi connectivity index (χ2n) is 6.55. The summed E-state index contributed by atoms with van der Waals surface area (Å²) >= 11 is 0. The second kappa shape index (κ2) is 4.51. The van der Waals surface area contributed by atoms with Crippen LogP contribution in [-0.2, 0) is 0 Å². The van der Waals surface area contributed by atoms with Gasteiger partial charge in [0.05, 0.1) is 0 Å². The smallest absolute Gasteiger partial charge is 0.0442 e. The summed E-state index contributed by atoms with van der Waals surface area (Å²) in [4.78, 5) is 4.81. The van der Waals surface area contributed by atoms with Crippen LogP contribution in [0, 0.1) is 10.8 Å². The zero-order chi connectivity index (χ0) is 12.4. The second-order valence-corrected chi connectivity index (χ2v) is 6.55. The first-order valence-electron chi connectivity index (χ1n) is 5.70. The molecule has 0 atom stereocenters. The van der Waals surface area contributed by atoms with Gasteiger partial charge in [-0.05, 0) is 26.2 Å². The lowest BCUT2D eigenvalue weighted by molar-refractivity contribution is 0.488. The Morgan fingerprint density at radius 1 is 0.733 bits per heavy atom.